The highest BCUT2D eigenvalue weighted by Gasteiger charge is 2.47. The van der Waals surface area contributed by atoms with Crippen molar-refractivity contribution in [3.8, 4) is 0 Å². The lowest BCUT2D eigenvalue weighted by Crippen LogP contribution is -2.54. The number of ether oxygens (including phenoxy) is 2. The topological polar surface area (TPSA) is 109 Å². The molecule has 9 heteroatoms. The van der Waals surface area contributed by atoms with Crippen LogP contribution in [0.3, 0.4) is 0 Å². The summed E-state index contributed by atoms with van der Waals surface area (Å²) in [6.45, 7) is 2.43. The van der Waals surface area contributed by atoms with Crippen LogP contribution in [0.2, 0.25) is 0 Å². The van der Waals surface area contributed by atoms with Crippen molar-refractivity contribution in [1.82, 2.24) is 10.2 Å². The van der Waals surface area contributed by atoms with Crippen molar-refractivity contribution in [3.05, 3.63) is 23.8 Å². The van der Waals surface area contributed by atoms with E-state index in [4.69, 9.17) is 9.47 Å². The van der Waals surface area contributed by atoms with Gasteiger partial charge in [-0.25, -0.2) is 4.79 Å². The van der Waals surface area contributed by atoms with E-state index in [1.807, 2.05) is 18.2 Å². The fourth-order valence-corrected chi connectivity index (χ4v) is 6.28. The molecule has 0 bridgehead atoms. The number of benzene rings is 1. The van der Waals surface area contributed by atoms with Gasteiger partial charge in [0.15, 0.2) is 0 Å². The molecule has 0 unspecified atom stereocenters. The van der Waals surface area contributed by atoms with Crippen LogP contribution in [0.4, 0.5) is 16.2 Å². The number of anilines is 2. The van der Waals surface area contributed by atoms with Crippen molar-refractivity contribution < 1.29 is 23.9 Å². The number of urea groups is 1. The van der Waals surface area contributed by atoms with Gasteiger partial charge in [0.05, 0.1) is 5.41 Å². The molecule has 1 saturated carbocycles. The minimum Gasteiger partial charge on any atom is -0.381 e. The standard InChI is InChI=1S/C27H38N4O5/c1-31(20-9-13-35-14-10-20)26(34)30-23(18-5-3-2-4-6-18)24(32)28-19-7-8-21-22(17-19)29-25(33)27(21)11-15-36-16-12-27/h7-8,17-18,20,23H,2-6,9-16H2,1H3,(H,28,32)(H,29,33)(H,30,34)/t23-/m0/s1. The zero-order valence-corrected chi connectivity index (χ0v) is 21.1. The Kier molecular flexibility index (Phi) is 7.48. The molecule has 0 aromatic heterocycles. The van der Waals surface area contributed by atoms with Gasteiger partial charge in [0.2, 0.25) is 11.8 Å². The first-order valence-electron chi connectivity index (χ1n) is 13.4. The Balaban J connectivity index is 1.30. The second-order valence-corrected chi connectivity index (χ2v) is 10.7. The first-order chi connectivity index (χ1) is 17.5. The van der Waals surface area contributed by atoms with Gasteiger partial charge in [-0.1, -0.05) is 25.3 Å². The van der Waals surface area contributed by atoms with Gasteiger partial charge in [0, 0.05) is 50.9 Å². The molecule has 36 heavy (non-hydrogen) atoms. The highest BCUT2D eigenvalue weighted by molar-refractivity contribution is 6.07. The minimum absolute atomic E-state index is 0.00720. The third kappa shape index (κ3) is 4.95. The molecule has 4 amide bonds. The molecule has 1 atom stereocenters. The summed E-state index contributed by atoms with van der Waals surface area (Å²) >= 11 is 0. The average Bonchev–Trinajstić information content (AvgIpc) is 3.17. The minimum atomic E-state index is -0.607. The van der Waals surface area contributed by atoms with Gasteiger partial charge in [-0.2, -0.15) is 0 Å². The van der Waals surface area contributed by atoms with Crippen LogP contribution >= 0.6 is 0 Å². The van der Waals surface area contributed by atoms with E-state index in [9.17, 15) is 14.4 Å². The van der Waals surface area contributed by atoms with E-state index in [1.54, 1.807) is 11.9 Å². The van der Waals surface area contributed by atoms with E-state index in [-0.39, 0.29) is 29.8 Å². The van der Waals surface area contributed by atoms with Crippen LogP contribution < -0.4 is 16.0 Å². The van der Waals surface area contributed by atoms with Crippen LogP contribution in [0.25, 0.3) is 0 Å². The lowest BCUT2D eigenvalue weighted by atomic mass is 9.75. The molecule has 1 spiro atoms. The lowest BCUT2D eigenvalue weighted by molar-refractivity contribution is -0.124. The maximum Gasteiger partial charge on any atom is 0.318 e. The summed E-state index contributed by atoms with van der Waals surface area (Å²) in [7, 11) is 1.80. The Morgan fingerprint density at radius 2 is 1.72 bits per heavy atom. The largest absolute Gasteiger partial charge is 0.381 e. The van der Waals surface area contributed by atoms with E-state index in [0.717, 1.165) is 56.2 Å². The molecule has 3 fully saturated rings. The van der Waals surface area contributed by atoms with E-state index in [1.165, 1.54) is 0 Å². The number of hydrogen-bond acceptors (Lipinski definition) is 5. The predicted molar refractivity (Wildman–Crippen MR) is 136 cm³/mol. The van der Waals surface area contributed by atoms with Crippen molar-refractivity contribution in [2.75, 3.05) is 44.1 Å². The number of nitrogens with zero attached hydrogens (tertiary/aromatic N) is 1. The number of rotatable bonds is 5. The molecule has 3 aliphatic heterocycles. The normalized spacial score (nSPS) is 23.0. The van der Waals surface area contributed by atoms with Crippen LogP contribution in [0.5, 0.6) is 0 Å². The van der Waals surface area contributed by atoms with E-state index in [0.29, 0.717) is 45.0 Å². The van der Waals surface area contributed by atoms with Gasteiger partial charge < -0.3 is 30.3 Å². The maximum atomic E-state index is 13.5. The smallest absolute Gasteiger partial charge is 0.318 e. The van der Waals surface area contributed by atoms with Crippen LogP contribution in [-0.2, 0) is 24.5 Å². The summed E-state index contributed by atoms with van der Waals surface area (Å²) in [5.41, 5.74) is 1.81. The molecular weight excluding hydrogens is 460 g/mol. The zero-order chi connectivity index (χ0) is 25.1. The van der Waals surface area contributed by atoms with Gasteiger partial charge in [-0.15, -0.1) is 0 Å². The summed E-state index contributed by atoms with van der Waals surface area (Å²) in [5, 5.41) is 9.11. The molecule has 1 aliphatic carbocycles. The van der Waals surface area contributed by atoms with Crippen LogP contribution in [-0.4, -0.2) is 68.3 Å². The molecule has 2 saturated heterocycles. The predicted octanol–water partition coefficient (Wildman–Crippen LogP) is 3.39. The van der Waals surface area contributed by atoms with E-state index < -0.39 is 11.5 Å². The Morgan fingerprint density at radius 1 is 1.03 bits per heavy atom. The molecule has 196 valence electrons. The van der Waals surface area contributed by atoms with Crippen molar-refractivity contribution >= 4 is 29.2 Å². The van der Waals surface area contributed by atoms with Crippen molar-refractivity contribution in [2.24, 2.45) is 5.92 Å². The quantitative estimate of drug-likeness (QED) is 0.577. The summed E-state index contributed by atoms with van der Waals surface area (Å²) < 4.78 is 10.9. The highest BCUT2D eigenvalue weighted by atomic mass is 16.5. The van der Waals surface area contributed by atoms with E-state index in [2.05, 4.69) is 16.0 Å². The second-order valence-electron chi connectivity index (χ2n) is 10.7. The van der Waals surface area contributed by atoms with Gasteiger partial charge in [-0.3, -0.25) is 9.59 Å². The van der Waals surface area contributed by atoms with Gasteiger partial charge in [-0.05, 0) is 62.1 Å². The van der Waals surface area contributed by atoms with Gasteiger partial charge >= 0.3 is 6.03 Å². The summed E-state index contributed by atoms with van der Waals surface area (Å²) in [5.74, 6) is -0.0983. The lowest BCUT2D eigenvalue weighted by Gasteiger charge is -2.35. The number of fused-ring (bicyclic) bond motifs is 2. The van der Waals surface area contributed by atoms with Crippen molar-refractivity contribution in [1.29, 1.82) is 0 Å². The Bertz CT molecular complexity index is 980. The maximum absolute atomic E-state index is 13.5. The molecule has 4 aliphatic rings. The van der Waals surface area contributed by atoms with Gasteiger partial charge in [0.1, 0.15) is 6.04 Å². The number of hydrogen-bond donors (Lipinski definition) is 3. The van der Waals surface area contributed by atoms with Crippen LogP contribution in [0, 0.1) is 5.92 Å². The number of carbonyl (C=O) groups excluding carboxylic acids is 3. The first-order valence-corrected chi connectivity index (χ1v) is 13.4. The second kappa shape index (κ2) is 10.8. The van der Waals surface area contributed by atoms with Gasteiger partial charge in [0.25, 0.3) is 0 Å². The number of carbonyl (C=O) groups is 3. The summed E-state index contributed by atoms with van der Waals surface area (Å²) in [6, 6.07) is 4.94. The zero-order valence-electron chi connectivity index (χ0n) is 21.1. The molecule has 9 nitrogen and oxygen atoms in total. The molecule has 3 N–H and O–H groups in total. The van der Waals surface area contributed by atoms with Crippen molar-refractivity contribution in [2.45, 2.75) is 75.3 Å². The average molecular weight is 499 g/mol. The monoisotopic (exact) mass is 498 g/mol. The SMILES string of the molecule is CN(C(=O)N[C@H](C(=O)Nc1ccc2c(c1)NC(=O)C21CCOCC1)C1CCCCC1)C1CCOCC1. The Labute approximate surface area is 212 Å². The fourth-order valence-electron chi connectivity index (χ4n) is 6.28. The summed E-state index contributed by atoms with van der Waals surface area (Å²) in [4.78, 5) is 41.3. The van der Waals surface area contributed by atoms with Crippen LogP contribution in [0.15, 0.2) is 18.2 Å². The number of nitrogens with one attached hydrogen (secondary N) is 3. The Morgan fingerprint density at radius 3 is 2.44 bits per heavy atom. The van der Waals surface area contributed by atoms with Crippen molar-refractivity contribution in [3.63, 3.8) is 0 Å². The molecule has 5 rings (SSSR count). The third-order valence-electron chi connectivity index (χ3n) is 8.57. The first kappa shape index (κ1) is 25.0. The number of amides is 4. The fraction of sp³-hybridized carbons (Fsp3) is 0.667. The molecule has 1 aromatic carbocycles. The molecular formula is C27H38N4O5. The third-order valence-corrected chi connectivity index (χ3v) is 8.57. The molecule has 0 radical (unpaired) electrons. The van der Waals surface area contributed by atoms with Crippen LogP contribution in [0.1, 0.15) is 63.4 Å². The molecule has 1 aromatic rings. The highest BCUT2D eigenvalue weighted by Crippen LogP contribution is 2.45. The summed E-state index contributed by atoms with van der Waals surface area (Å²) in [6.07, 6.45) is 8.07. The molecule has 3 heterocycles. The van der Waals surface area contributed by atoms with E-state index >= 15 is 0 Å². The Hall–Kier alpha value is -2.65.